The first-order chi connectivity index (χ1) is 42.6. The molecular weight excluding hydrogens is 1150 g/mol. The average Bonchev–Trinajstić information content (AvgIpc) is 1.85. The molecule has 0 spiro atoms. The molecule has 0 unspecified atom stereocenters. The van der Waals surface area contributed by atoms with Gasteiger partial charge in [0, 0.05) is 62.1 Å². The summed E-state index contributed by atoms with van der Waals surface area (Å²) in [6.45, 7) is 17.0. The average molecular weight is 1230 g/mol. The summed E-state index contributed by atoms with van der Waals surface area (Å²) >= 11 is 0. The van der Waals surface area contributed by atoms with E-state index in [1.807, 2.05) is 92.1 Å². The summed E-state index contributed by atoms with van der Waals surface area (Å²) in [6, 6.07) is 31.4. The molecule has 0 saturated carbocycles. The summed E-state index contributed by atoms with van der Waals surface area (Å²) in [7, 11) is -0.584. The smallest absolute Gasteiger partial charge is 0.486 e. The van der Waals surface area contributed by atoms with Gasteiger partial charge in [-0.3, -0.25) is 9.59 Å². The maximum Gasteiger partial charge on any atom is 0.494 e. The van der Waals surface area contributed by atoms with Gasteiger partial charge in [-0.05, 0) is 200 Å². The van der Waals surface area contributed by atoms with Crippen LogP contribution in [0.25, 0.3) is 32.9 Å². The fraction of sp³-hybridized carbons (Fsp3) is 0.441. The number of carbonyl (C=O) groups is 2. The second kappa shape index (κ2) is 25.4. The van der Waals surface area contributed by atoms with Gasteiger partial charge in [-0.1, -0.05) is 48.5 Å². The summed E-state index contributed by atoms with van der Waals surface area (Å²) < 4.78 is 102. The van der Waals surface area contributed by atoms with Crippen LogP contribution in [0.2, 0.25) is 0 Å². The molecule has 0 aliphatic carbocycles. The molecule has 14 nitrogen and oxygen atoms in total. The monoisotopic (exact) mass is 1220 g/mol. The number of rotatable bonds is 14. The summed E-state index contributed by atoms with van der Waals surface area (Å²) in [5, 5.41) is 7.95. The largest absolute Gasteiger partial charge is 0.494 e. The number of ether oxygens (including phenoxy) is 2. The van der Waals surface area contributed by atoms with Gasteiger partial charge in [0.2, 0.25) is 0 Å². The van der Waals surface area contributed by atoms with Crippen molar-refractivity contribution in [2.75, 3.05) is 76.2 Å². The highest BCUT2D eigenvalue weighted by molar-refractivity contribution is 6.62. The van der Waals surface area contributed by atoms with E-state index in [2.05, 4.69) is 20.4 Å². The molecule has 5 saturated heterocycles. The molecular formula is C68H75BF6N8O6. The topological polar surface area (TPSA) is 134 Å². The molecule has 2 N–H and O–H groups in total. The maximum atomic E-state index is 14.4. The van der Waals surface area contributed by atoms with Crippen molar-refractivity contribution >= 4 is 57.8 Å². The van der Waals surface area contributed by atoms with Crippen molar-refractivity contribution in [1.82, 2.24) is 29.6 Å². The SMILES string of the molecule is CC1(C)OB(c2ccc3nc(NCc4ccc(C(F)(F)F)cc4)cc(C(=O)N4CCC[C@H]4CN4CCCC4)c3c2)OC1(C)C.O=C(c1cc(NCc2ccc(C(F)(F)F)cc2)nc2ccc(-c3ccc4c(c3)OCCO4)cc12)N1CCC[C@H]1CN1CCCC1. The highest BCUT2D eigenvalue weighted by Crippen LogP contribution is 2.40. The lowest BCUT2D eigenvalue weighted by Gasteiger charge is -2.32. The van der Waals surface area contributed by atoms with Crippen LogP contribution in [-0.2, 0) is 34.8 Å². The molecule has 6 aliphatic rings. The first-order valence-electron chi connectivity index (χ1n) is 31.1. The van der Waals surface area contributed by atoms with Crippen LogP contribution in [0.1, 0.15) is 122 Å². The molecule has 2 aromatic heterocycles. The minimum absolute atomic E-state index is 0.0269. The van der Waals surface area contributed by atoms with Gasteiger partial charge in [0.25, 0.3) is 11.8 Å². The van der Waals surface area contributed by atoms with E-state index >= 15 is 0 Å². The molecule has 468 valence electrons. The molecule has 5 aromatic carbocycles. The van der Waals surface area contributed by atoms with Crippen LogP contribution in [0.15, 0.2) is 115 Å². The van der Waals surface area contributed by atoms with E-state index in [0.717, 1.165) is 111 Å². The highest BCUT2D eigenvalue weighted by atomic mass is 19.4. The van der Waals surface area contributed by atoms with Gasteiger partial charge < -0.3 is 49.0 Å². The van der Waals surface area contributed by atoms with Crippen molar-refractivity contribution in [2.45, 2.75) is 128 Å². The van der Waals surface area contributed by atoms with E-state index in [9.17, 15) is 35.9 Å². The Morgan fingerprint density at radius 2 is 0.966 bits per heavy atom. The fourth-order valence-electron chi connectivity index (χ4n) is 13.0. The van der Waals surface area contributed by atoms with Crippen LogP contribution in [0.4, 0.5) is 38.0 Å². The van der Waals surface area contributed by atoms with Crippen LogP contribution >= 0.6 is 0 Å². The molecule has 2 amide bonds. The third kappa shape index (κ3) is 13.8. The van der Waals surface area contributed by atoms with Gasteiger partial charge in [0.1, 0.15) is 24.8 Å². The number of aromatic nitrogens is 2. The number of carbonyl (C=O) groups excluding carboxylic acids is 2. The minimum atomic E-state index is -4.39. The van der Waals surface area contributed by atoms with E-state index in [4.69, 9.17) is 28.8 Å². The number of fused-ring (bicyclic) bond motifs is 3. The van der Waals surface area contributed by atoms with E-state index in [1.165, 1.54) is 49.9 Å². The Balaban J connectivity index is 0.000000173. The van der Waals surface area contributed by atoms with E-state index in [0.29, 0.717) is 88.1 Å². The van der Waals surface area contributed by atoms with Gasteiger partial charge >= 0.3 is 19.5 Å². The van der Waals surface area contributed by atoms with Gasteiger partial charge in [0.05, 0.1) is 44.5 Å². The second-order valence-electron chi connectivity index (χ2n) is 25.3. The van der Waals surface area contributed by atoms with E-state index in [1.54, 1.807) is 12.1 Å². The van der Waals surface area contributed by atoms with Gasteiger partial charge in [-0.2, -0.15) is 26.3 Å². The van der Waals surface area contributed by atoms with Crippen molar-refractivity contribution in [1.29, 1.82) is 0 Å². The van der Waals surface area contributed by atoms with Crippen molar-refractivity contribution < 1.29 is 54.7 Å². The molecule has 8 heterocycles. The Morgan fingerprint density at radius 1 is 0.528 bits per heavy atom. The normalized spacial score (nSPS) is 20.1. The molecule has 2 atom stereocenters. The Labute approximate surface area is 515 Å². The second-order valence-corrected chi connectivity index (χ2v) is 25.3. The zero-order valence-electron chi connectivity index (χ0n) is 50.7. The first kappa shape index (κ1) is 61.8. The van der Waals surface area contributed by atoms with E-state index in [-0.39, 0.29) is 37.0 Å². The molecule has 7 aromatic rings. The summed E-state index contributed by atoms with van der Waals surface area (Å²) in [5.74, 6) is 2.32. The number of anilines is 2. The number of nitrogens with zero attached hydrogens (tertiary/aromatic N) is 6. The standard InChI is InChI=1S/C35H35F3N4O3.C33H40BF3N4O3/c36-35(37,38)26-9-5-23(6-10-26)21-39-33-20-29(34(43)42-15-3-4-27(42)22-41-13-1-2-14-41)28-18-24(7-11-30(28)40-33)25-8-12-31-32(19-25)45-17-16-44-31;1-31(2)32(3,4)44-34(43-31)24-13-14-28-26(18-24)27(30(42)41-17-7-8-25(41)21-40-15-5-6-16-40)19-29(39-28)38-20-22-9-11-23(12-10-22)33(35,36)37/h5-12,18-20,27H,1-4,13-17,21-22H2,(H,39,40);9-14,18-19,25H,5-8,15-17,20-21H2,1-4H3,(H,38,39)/t27-;25-/m00/s1. The van der Waals surface area contributed by atoms with Crippen LogP contribution in [-0.4, -0.2) is 137 Å². The number of hydrogen-bond donors (Lipinski definition) is 2. The zero-order chi connectivity index (χ0) is 62.2. The lowest BCUT2D eigenvalue weighted by atomic mass is 9.78. The Kier molecular flexibility index (Phi) is 17.7. The number of nitrogens with one attached hydrogen (secondary N) is 2. The predicted molar refractivity (Wildman–Crippen MR) is 333 cm³/mol. The maximum absolute atomic E-state index is 14.4. The minimum Gasteiger partial charge on any atom is -0.486 e. The van der Waals surface area contributed by atoms with Crippen LogP contribution in [0, 0.1) is 0 Å². The Bertz CT molecular complexity index is 3690. The summed E-state index contributed by atoms with van der Waals surface area (Å²) in [4.78, 5) is 47.2. The molecule has 13 rings (SSSR count). The fourth-order valence-corrected chi connectivity index (χ4v) is 13.0. The zero-order valence-corrected chi connectivity index (χ0v) is 50.7. The third-order valence-corrected chi connectivity index (χ3v) is 18.6. The van der Waals surface area contributed by atoms with Crippen molar-refractivity contribution in [3.63, 3.8) is 0 Å². The van der Waals surface area contributed by atoms with Crippen molar-refractivity contribution in [3.05, 3.63) is 149 Å². The molecule has 21 heteroatoms. The lowest BCUT2D eigenvalue weighted by molar-refractivity contribution is -0.138. The molecule has 0 radical (unpaired) electrons. The quantitative estimate of drug-likeness (QED) is 0.0793. The number of likely N-dealkylation sites (tertiary alicyclic amines) is 4. The molecule has 5 fully saturated rings. The van der Waals surface area contributed by atoms with Crippen LogP contribution in [0.3, 0.4) is 0 Å². The molecule has 89 heavy (non-hydrogen) atoms. The van der Waals surface area contributed by atoms with Gasteiger partial charge in [-0.15, -0.1) is 0 Å². The Hall–Kier alpha value is -7.46. The highest BCUT2D eigenvalue weighted by Gasteiger charge is 2.52. The first-order valence-corrected chi connectivity index (χ1v) is 31.1. The summed E-state index contributed by atoms with van der Waals surface area (Å²) in [5.41, 5.74) is 4.04. The number of pyridine rings is 2. The lowest BCUT2D eigenvalue weighted by Crippen LogP contribution is -2.42. The van der Waals surface area contributed by atoms with Crippen LogP contribution < -0.4 is 25.6 Å². The van der Waals surface area contributed by atoms with Gasteiger partial charge in [0.15, 0.2) is 11.5 Å². The van der Waals surface area contributed by atoms with E-state index < -0.39 is 41.8 Å². The number of alkyl halides is 6. The number of halogens is 6. The van der Waals surface area contributed by atoms with Crippen molar-refractivity contribution in [2.24, 2.45) is 0 Å². The summed E-state index contributed by atoms with van der Waals surface area (Å²) in [6.07, 6.45) is -0.0874. The predicted octanol–water partition coefficient (Wildman–Crippen LogP) is 12.9. The van der Waals surface area contributed by atoms with Crippen molar-refractivity contribution in [3.8, 4) is 22.6 Å². The Morgan fingerprint density at radius 3 is 1.45 bits per heavy atom. The number of benzene rings is 5. The third-order valence-electron chi connectivity index (χ3n) is 18.6. The molecule has 0 bridgehead atoms. The molecule has 6 aliphatic heterocycles. The van der Waals surface area contributed by atoms with Gasteiger partial charge in [-0.25, -0.2) is 9.97 Å². The number of amides is 2. The number of hydrogen-bond acceptors (Lipinski definition) is 12. The van der Waals surface area contributed by atoms with Crippen LogP contribution in [0.5, 0.6) is 11.5 Å².